The summed E-state index contributed by atoms with van der Waals surface area (Å²) in [6.07, 6.45) is -2.13. The minimum atomic E-state index is -1.03. The highest BCUT2D eigenvalue weighted by molar-refractivity contribution is 6.30. The van der Waals surface area contributed by atoms with Crippen molar-refractivity contribution < 1.29 is 28.5 Å². The molecule has 0 aliphatic carbocycles. The van der Waals surface area contributed by atoms with Crippen LogP contribution in [0, 0.1) is 0 Å². The zero-order valence-electron chi connectivity index (χ0n) is 12.8. The van der Waals surface area contributed by atoms with E-state index in [1.807, 2.05) is 4.98 Å². The summed E-state index contributed by atoms with van der Waals surface area (Å²) in [5.74, 6) is -0.577. The van der Waals surface area contributed by atoms with Crippen LogP contribution in [0.15, 0.2) is 15.8 Å². The fourth-order valence-electron chi connectivity index (χ4n) is 2.26. The molecule has 0 saturated carbocycles. The van der Waals surface area contributed by atoms with Crippen LogP contribution in [-0.4, -0.2) is 47.6 Å². The van der Waals surface area contributed by atoms with Crippen LogP contribution in [0.5, 0.6) is 0 Å². The number of ether oxygens (including phenoxy) is 4. The number of nitrogens with zero attached hydrogens (tertiary/aromatic N) is 1. The van der Waals surface area contributed by atoms with Gasteiger partial charge >= 0.3 is 17.8 Å². The zero-order valence-corrected chi connectivity index (χ0v) is 13.6. The second-order valence-electron chi connectivity index (χ2n) is 4.94. The van der Waals surface area contributed by atoms with Gasteiger partial charge in [0.2, 0.25) is 0 Å². The number of nitrogens with one attached hydrogen (secondary N) is 1. The SMILES string of the molecule is COC(=O)OC[C@@H]1C[C@@H](OC(C)=O)[C@H](n2cc(Cl)c(=O)[nH]c2=O)O1. The molecule has 2 rings (SSSR count). The van der Waals surface area contributed by atoms with E-state index in [1.54, 1.807) is 0 Å². The van der Waals surface area contributed by atoms with E-state index in [2.05, 4.69) is 4.74 Å². The summed E-state index contributed by atoms with van der Waals surface area (Å²) in [6.45, 7) is 1.05. The molecule has 0 unspecified atom stereocenters. The van der Waals surface area contributed by atoms with Gasteiger partial charge in [0.05, 0.1) is 13.2 Å². The normalized spacial score (nSPS) is 22.9. The smallest absolute Gasteiger partial charge is 0.458 e. The van der Waals surface area contributed by atoms with Gasteiger partial charge in [0.15, 0.2) is 6.23 Å². The van der Waals surface area contributed by atoms with Gasteiger partial charge in [-0.25, -0.2) is 9.59 Å². The summed E-state index contributed by atoms with van der Waals surface area (Å²) < 4.78 is 20.9. The minimum absolute atomic E-state index is 0.160. The molecule has 10 nitrogen and oxygen atoms in total. The van der Waals surface area contributed by atoms with Gasteiger partial charge in [0.1, 0.15) is 17.7 Å². The number of aromatic amines is 1. The Hall–Kier alpha value is -2.33. The largest absolute Gasteiger partial charge is 0.508 e. The van der Waals surface area contributed by atoms with E-state index >= 15 is 0 Å². The lowest BCUT2D eigenvalue weighted by atomic mass is 10.2. The molecule has 0 aromatic carbocycles. The highest BCUT2D eigenvalue weighted by atomic mass is 35.5. The first-order valence-corrected chi connectivity index (χ1v) is 7.24. The number of aromatic nitrogens is 2. The van der Waals surface area contributed by atoms with Gasteiger partial charge in [-0.05, 0) is 0 Å². The first-order chi connectivity index (χ1) is 11.3. The number of carbonyl (C=O) groups is 2. The molecular formula is C13H15ClN2O8. The van der Waals surface area contributed by atoms with Crippen molar-refractivity contribution in [1.29, 1.82) is 0 Å². The first kappa shape index (κ1) is 18.0. The van der Waals surface area contributed by atoms with Crippen molar-refractivity contribution >= 4 is 23.7 Å². The average molecular weight is 363 g/mol. The summed E-state index contributed by atoms with van der Waals surface area (Å²) in [6, 6.07) is 0. The molecule has 1 aromatic heterocycles. The number of hydrogen-bond acceptors (Lipinski definition) is 8. The molecule has 3 atom stereocenters. The number of methoxy groups -OCH3 is 1. The van der Waals surface area contributed by atoms with Crippen LogP contribution in [0.3, 0.4) is 0 Å². The Bertz CT molecular complexity index is 742. The van der Waals surface area contributed by atoms with Gasteiger partial charge in [0, 0.05) is 19.5 Å². The molecule has 1 aliphatic rings. The van der Waals surface area contributed by atoms with Gasteiger partial charge in [-0.15, -0.1) is 0 Å². The lowest BCUT2D eigenvalue weighted by Gasteiger charge is -2.20. The van der Waals surface area contributed by atoms with Crippen molar-refractivity contribution in [3.8, 4) is 0 Å². The maximum Gasteiger partial charge on any atom is 0.508 e. The summed E-state index contributed by atoms with van der Waals surface area (Å²) >= 11 is 5.72. The Morgan fingerprint density at radius 1 is 1.46 bits per heavy atom. The van der Waals surface area contributed by atoms with Crippen molar-refractivity contribution in [3.63, 3.8) is 0 Å². The van der Waals surface area contributed by atoms with E-state index in [4.69, 9.17) is 25.8 Å². The molecule has 11 heteroatoms. The molecular weight excluding hydrogens is 348 g/mol. The second-order valence-corrected chi connectivity index (χ2v) is 5.35. The molecule has 0 amide bonds. The summed E-state index contributed by atoms with van der Waals surface area (Å²) in [4.78, 5) is 47.6. The van der Waals surface area contributed by atoms with Crippen LogP contribution >= 0.6 is 11.6 Å². The lowest BCUT2D eigenvalue weighted by molar-refractivity contribution is -0.152. The summed E-state index contributed by atoms with van der Waals surface area (Å²) in [5.41, 5.74) is -1.52. The molecule has 1 saturated heterocycles. The maximum absolute atomic E-state index is 12.0. The zero-order chi connectivity index (χ0) is 17.9. The standard InChI is InChI=1S/C13H15ClN2O8/c1-6(17)23-9-3-7(5-22-13(20)21-2)24-11(9)16-4-8(14)10(18)15-12(16)19/h4,7,9,11H,3,5H2,1-2H3,(H,15,18,19)/t7-,9+,11+/m0/s1. The van der Waals surface area contributed by atoms with Crippen LogP contribution in [0.4, 0.5) is 4.79 Å². The highest BCUT2D eigenvalue weighted by Crippen LogP contribution is 2.31. The van der Waals surface area contributed by atoms with Crippen LogP contribution in [-0.2, 0) is 23.7 Å². The second kappa shape index (κ2) is 7.49. The Morgan fingerprint density at radius 2 is 2.17 bits per heavy atom. The third kappa shape index (κ3) is 4.15. The fraction of sp³-hybridized carbons (Fsp3) is 0.538. The van der Waals surface area contributed by atoms with Crippen LogP contribution < -0.4 is 11.2 Å². The topological polar surface area (TPSA) is 126 Å². The number of H-pyrrole nitrogens is 1. The van der Waals surface area contributed by atoms with Crippen LogP contribution in [0.25, 0.3) is 0 Å². The van der Waals surface area contributed by atoms with Crippen molar-refractivity contribution in [2.75, 3.05) is 13.7 Å². The molecule has 0 radical (unpaired) electrons. The van der Waals surface area contributed by atoms with Crippen molar-refractivity contribution in [3.05, 3.63) is 32.1 Å². The van der Waals surface area contributed by atoms with E-state index in [-0.39, 0.29) is 18.1 Å². The molecule has 132 valence electrons. The Morgan fingerprint density at radius 3 is 2.79 bits per heavy atom. The quantitative estimate of drug-likeness (QED) is 0.752. The molecule has 1 fully saturated rings. The minimum Gasteiger partial charge on any atom is -0.458 e. The van der Waals surface area contributed by atoms with Crippen molar-refractivity contribution in [2.24, 2.45) is 0 Å². The van der Waals surface area contributed by atoms with Gasteiger partial charge in [-0.3, -0.25) is 19.1 Å². The predicted octanol–water partition coefficient (Wildman–Crippen LogP) is 0.192. The number of hydrogen-bond donors (Lipinski definition) is 1. The summed E-state index contributed by atoms with van der Waals surface area (Å²) in [7, 11) is 1.16. The third-order valence-corrected chi connectivity index (χ3v) is 3.48. The third-order valence-electron chi connectivity index (χ3n) is 3.21. The molecule has 2 heterocycles. The molecule has 24 heavy (non-hydrogen) atoms. The van der Waals surface area contributed by atoms with Crippen LogP contribution in [0.2, 0.25) is 5.02 Å². The van der Waals surface area contributed by atoms with Crippen molar-refractivity contribution in [2.45, 2.75) is 31.8 Å². The number of carbonyl (C=O) groups excluding carboxylic acids is 2. The molecule has 0 bridgehead atoms. The Balaban J connectivity index is 2.23. The highest BCUT2D eigenvalue weighted by Gasteiger charge is 2.40. The predicted molar refractivity (Wildman–Crippen MR) is 78.8 cm³/mol. The van der Waals surface area contributed by atoms with Crippen LogP contribution in [0.1, 0.15) is 19.6 Å². The lowest BCUT2D eigenvalue weighted by Crippen LogP contribution is -2.36. The Labute approximate surface area is 140 Å². The van der Waals surface area contributed by atoms with Gasteiger partial charge < -0.3 is 18.9 Å². The van der Waals surface area contributed by atoms with E-state index in [1.165, 1.54) is 6.92 Å². The number of rotatable bonds is 4. The molecule has 1 aliphatic heterocycles. The molecule has 1 N–H and O–H groups in total. The van der Waals surface area contributed by atoms with Gasteiger partial charge in [-0.1, -0.05) is 11.6 Å². The molecule has 1 aromatic rings. The van der Waals surface area contributed by atoms with E-state index in [0.29, 0.717) is 0 Å². The number of esters is 1. The Kier molecular flexibility index (Phi) is 5.62. The van der Waals surface area contributed by atoms with Crippen molar-refractivity contribution in [1.82, 2.24) is 9.55 Å². The fourth-order valence-corrected chi connectivity index (χ4v) is 2.41. The van der Waals surface area contributed by atoms with E-state index < -0.39 is 41.8 Å². The van der Waals surface area contributed by atoms with Gasteiger partial charge in [0.25, 0.3) is 5.56 Å². The van der Waals surface area contributed by atoms with E-state index in [9.17, 15) is 19.2 Å². The first-order valence-electron chi connectivity index (χ1n) is 6.86. The summed E-state index contributed by atoms with van der Waals surface area (Å²) in [5, 5.41) is -0.228. The average Bonchev–Trinajstić information content (AvgIpc) is 2.90. The monoisotopic (exact) mass is 362 g/mol. The van der Waals surface area contributed by atoms with E-state index in [0.717, 1.165) is 17.9 Å². The maximum atomic E-state index is 12.0. The molecule has 0 spiro atoms. The van der Waals surface area contributed by atoms with Gasteiger partial charge in [-0.2, -0.15) is 0 Å². The number of halogens is 1.